The molecule has 0 bridgehead atoms. The van der Waals surface area contributed by atoms with Crippen molar-refractivity contribution in [1.82, 2.24) is 5.32 Å². The number of nitrogens with one attached hydrogen (secondary N) is 2. The fraction of sp³-hybridized carbons (Fsp3) is 0.278. The molecule has 0 unspecified atom stereocenters. The number of halogens is 1. The summed E-state index contributed by atoms with van der Waals surface area (Å²) in [5.74, 6) is 0.196. The summed E-state index contributed by atoms with van der Waals surface area (Å²) in [4.78, 5) is 12.0. The van der Waals surface area contributed by atoms with Gasteiger partial charge in [-0.1, -0.05) is 0 Å². The number of hydrogen-bond acceptors (Lipinski definition) is 4. The minimum atomic E-state index is -3.69. The van der Waals surface area contributed by atoms with Gasteiger partial charge in [0.25, 0.3) is 15.9 Å². The van der Waals surface area contributed by atoms with Crippen LogP contribution in [0.2, 0.25) is 0 Å². The first-order valence-electron chi connectivity index (χ1n) is 8.03. The van der Waals surface area contributed by atoms with Crippen LogP contribution in [0.4, 0.5) is 5.69 Å². The van der Waals surface area contributed by atoms with Crippen molar-refractivity contribution < 1.29 is 17.9 Å². The van der Waals surface area contributed by atoms with Crippen LogP contribution in [0.5, 0.6) is 5.75 Å². The summed E-state index contributed by atoms with van der Waals surface area (Å²) in [6.07, 6.45) is -0.676. The minimum absolute atomic E-state index is 0.0217. The van der Waals surface area contributed by atoms with E-state index in [1.165, 1.54) is 24.3 Å². The molecule has 140 valence electrons. The van der Waals surface area contributed by atoms with Crippen LogP contribution in [-0.4, -0.2) is 26.5 Å². The third kappa shape index (κ3) is 5.87. The van der Waals surface area contributed by atoms with Gasteiger partial charge < -0.3 is 10.1 Å². The van der Waals surface area contributed by atoms with Gasteiger partial charge in [-0.15, -0.1) is 0 Å². The van der Waals surface area contributed by atoms with Crippen molar-refractivity contribution in [1.29, 1.82) is 0 Å². The van der Waals surface area contributed by atoms with Crippen molar-refractivity contribution in [2.45, 2.75) is 37.8 Å². The standard InChI is InChI=1S/C18H21IN2O4S/c1-12(2)20-18(22)13(3)25-16-8-10-17(11-9-16)26(23,24)21-15-6-4-14(19)5-7-15/h4-13,21H,1-3H3,(H,20,22)/t13-/m1/s1. The van der Waals surface area contributed by atoms with Gasteiger partial charge in [-0.05, 0) is 91.9 Å². The molecule has 0 aliphatic heterocycles. The second-order valence-corrected chi connectivity index (χ2v) is 8.94. The topological polar surface area (TPSA) is 84.5 Å². The number of sulfonamides is 1. The average molecular weight is 488 g/mol. The second kappa shape index (κ2) is 8.72. The van der Waals surface area contributed by atoms with Crippen molar-refractivity contribution in [3.63, 3.8) is 0 Å². The van der Waals surface area contributed by atoms with E-state index in [0.717, 1.165) is 3.57 Å². The van der Waals surface area contributed by atoms with Crippen molar-refractivity contribution in [2.75, 3.05) is 4.72 Å². The molecule has 0 fully saturated rings. The molecule has 0 radical (unpaired) electrons. The lowest BCUT2D eigenvalue weighted by Crippen LogP contribution is -2.40. The number of amides is 1. The zero-order valence-corrected chi connectivity index (χ0v) is 17.7. The highest BCUT2D eigenvalue weighted by Gasteiger charge is 2.17. The molecule has 0 saturated heterocycles. The van der Waals surface area contributed by atoms with Crippen LogP contribution in [0, 0.1) is 3.57 Å². The predicted molar refractivity (Wildman–Crippen MR) is 110 cm³/mol. The van der Waals surface area contributed by atoms with Crippen molar-refractivity contribution in [3.05, 3.63) is 52.1 Å². The molecule has 0 spiro atoms. The zero-order chi connectivity index (χ0) is 19.3. The zero-order valence-electron chi connectivity index (χ0n) is 14.7. The van der Waals surface area contributed by atoms with Crippen LogP contribution >= 0.6 is 22.6 Å². The molecule has 8 heteroatoms. The molecule has 0 aliphatic carbocycles. The Morgan fingerprint density at radius 3 is 2.12 bits per heavy atom. The Kier molecular flexibility index (Phi) is 6.87. The normalized spacial score (nSPS) is 12.5. The van der Waals surface area contributed by atoms with E-state index >= 15 is 0 Å². The second-order valence-electron chi connectivity index (χ2n) is 6.01. The van der Waals surface area contributed by atoms with Crippen LogP contribution in [0.3, 0.4) is 0 Å². The molecule has 2 N–H and O–H groups in total. The number of benzene rings is 2. The van der Waals surface area contributed by atoms with Gasteiger partial charge in [0.2, 0.25) is 0 Å². The van der Waals surface area contributed by atoms with Gasteiger partial charge in [-0.3, -0.25) is 9.52 Å². The number of carbonyl (C=O) groups is 1. The summed E-state index contributed by atoms with van der Waals surface area (Å²) in [5, 5.41) is 2.76. The van der Waals surface area contributed by atoms with E-state index in [1.807, 2.05) is 26.0 Å². The van der Waals surface area contributed by atoms with Crippen LogP contribution in [0.25, 0.3) is 0 Å². The molecule has 0 aliphatic rings. The van der Waals surface area contributed by atoms with E-state index in [1.54, 1.807) is 19.1 Å². The maximum atomic E-state index is 12.4. The highest BCUT2D eigenvalue weighted by atomic mass is 127. The molecule has 0 heterocycles. The van der Waals surface area contributed by atoms with Gasteiger partial charge in [0.1, 0.15) is 5.75 Å². The summed E-state index contributed by atoms with van der Waals surface area (Å²) in [7, 11) is -3.69. The molecule has 0 saturated carbocycles. The van der Waals surface area contributed by atoms with E-state index in [-0.39, 0.29) is 16.8 Å². The van der Waals surface area contributed by atoms with Gasteiger partial charge in [-0.25, -0.2) is 8.42 Å². The lowest BCUT2D eigenvalue weighted by Gasteiger charge is -2.16. The molecule has 2 aromatic carbocycles. The van der Waals surface area contributed by atoms with E-state index < -0.39 is 16.1 Å². The summed E-state index contributed by atoms with van der Waals surface area (Å²) in [6.45, 7) is 5.37. The minimum Gasteiger partial charge on any atom is -0.481 e. The highest BCUT2D eigenvalue weighted by Crippen LogP contribution is 2.20. The first kappa shape index (κ1) is 20.5. The van der Waals surface area contributed by atoms with Crippen LogP contribution in [0.1, 0.15) is 20.8 Å². The fourth-order valence-corrected chi connectivity index (χ4v) is 3.51. The summed E-state index contributed by atoms with van der Waals surface area (Å²) in [6, 6.07) is 13.0. The fourth-order valence-electron chi connectivity index (χ4n) is 2.09. The maximum Gasteiger partial charge on any atom is 0.261 e. The summed E-state index contributed by atoms with van der Waals surface area (Å²) < 4.78 is 34.0. The first-order chi connectivity index (χ1) is 12.2. The summed E-state index contributed by atoms with van der Waals surface area (Å²) in [5.41, 5.74) is 0.490. The number of ether oxygens (including phenoxy) is 1. The summed E-state index contributed by atoms with van der Waals surface area (Å²) >= 11 is 2.15. The van der Waals surface area contributed by atoms with Gasteiger partial charge in [0.15, 0.2) is 6.10 Å². The quantitative estimate of drug-likeness (QED) is 0.586. The van der Waals surface area contributed by atoms with Gasteiger partial charge >= 0.3 is 0 Å². The molecule has 2 rings (SSSR count). The molecular formula is C18H21IN2O4S. The van der Waals surface area contributed by atoms with Crippen molar-refractivity contribution >= 4 is 44.2 Å². The number of carbonyl (C=O) groups excluding carboxylic acids is 1. The number of anilines is 1. The molecule has 0 aromatic heterocycles. The van der Waals surface area contributed by atoms with E-state index in [4.69, 9.17) is 4.74 Å². The molecule has 2 aromatic rings. The monoisotopic (exact) mass is 488 g/mol. The van der Waals surface area contributed by atoms with Crippen LogP contribution in [-0.2, 0) is 14.8 Å². The lowest BCUT2D eigenvalue weighted by atomic mass is 10.3. The molecule has 6 nitrogen and oxygen atoms in total. The molecule has 1 amide bonds. The Bertz CT molecular complexity index is 850. The number of rotatable bonds is 7. The molecule has 26 heavy (non-hydrogen) atoms. The Hall–Kier alpha value is -1.81. The Balaban J connectivity index is 2.05. The van der Waals surface area contributed by atoms with Crippen LogP contribution in [0.15, 0.2) is 53.4 Å². The third-order valence-corrected chi connectivity index (χ3v) is 5.46. The van der Waals surface area contributed by atoms with E-state index in [2.05, 4.69) is 32.6 Å². The number of hydrogen-bond donors (Lipinski definition) is 2. The Labute approximate surface area is 167 Å². The van der Waals surface area contributed by atoms with E-state index in [0.29, 0.717) is 11.4 Å². The van der Waals surface area contributed by atoms with Crippen molar-refractivity contribution in [2.24, 2.45) is 0 Å². The van der Waals surface area contributed by atoms with Crippen LogP contribution < -0.4 is 14.8 Å². The van der Waals surface area contributed by atoms with Gasteiger partial charge in [-0.2, -0.15) is 0 Å². The van der Waals surface area contributed by atoms with Crippen molar-refractivity contribution in [3.8, 4) is 5.75 Å². The largest absolute Gasteiger partial charge is 0.481 e. The SMILES string of the molecule is CC(C)NC(=O)[C@@H](C)Oc1ccc(S(=O)(=O)Nc2ccc(I)cc2)cc1. The predicted octanol–water partition coefficient (Wildman–Crippen LogP) is 3.38. The average Bonchev–Trinajstić information content (AvgIpc) is 2.56. The maximum absolute atomic E-state index is 12.4. The lowest BCUT2D eigenvalue weighted by molar-refractivity contribution is -0.127. The molecule has 1 atom stereocenters. The third-order valence-electron chi connectivity index (χ3n) is 3.34. The Morgan fingerprint density at radius 2 is 1.58 bits per heavy atom. The first-order valence-corrected chi connectivity index (χ1v) is 10.6. The smallest absolute Gasteiger partial charge is 0.261 e. The molecular weight excluding hydrogens is 467 g/mol. The van der Waals surface area contributed by atoms with E-state index in [9.17, 15) is 13.2 Å². The highest BCUT2D eigenvalue weighted by molar-refractivity contribution is 14.1. The van der Waals surface area contributed by atoms with Gasteiger partial charge in [0.05, 0.1) is 4.90 Å². The Morgan fingerprint density at radius 1 is 1.00 bits per heavy atom. The van der Waals surface area contributed by atoms with Gasteiger partial charge in [0, 0.05) is 15.3 Å².